The number of aromatic nitrogens is 3. The molecule has 256 valence electrons. The maximum atomic E-state index is 14.3. The molecule has 2 aromatic rings. The second kappa shape index (κ2) is 15.2. The number of alkyl halides is 3. The van der Waals surface area contributed by atoms with E-state index in [9.17, 15) is 32.7 Å². The molecule has 47 heavy (non-hydrogen) atoms. The number of amides is 2. The van der Waals surface area contributed by atoms with Gasteiger partial charge in [0.2, 0.25) is 5.91 Å². The maximum absolute atomic E-state index is 14.3. The largest absolute Gasteiger partial charge is 0.465 e. The Kier molecular flexibility index (Phi) is 11.5. The van der Waals surface area contributed by atoms with E-state index in [4.69, 9.17) is 10.00 Å². The molecule has 4 rings (SSSR count). The molecule has 2 aliphatic rings. The number of nitriles is 1. The van der Waals surface area contributed by atoms with Crippen LogP contribution < -0.4 is 15.4 Å². The van der Waals surface area contributed by atoms with Crippen LogP contribution in [0.3, 0.4) is 0 Å². The molecule has 0 saturated carbocycles. The zero-order valence-corrected chi connectivity index (χ0v) is 27.9. The predicted molar refractivity (Wildman–Crippen MR) is 170 cm³/mol. The van der Waals surface area contributed by atoms with Gasteiger partial charge in [-0.25, -0.2) is 14.5 Å². The minimum Gasteiger partial charge on any atom is -0.465 e. The van der Waals surface area contributed by atoms with Crippen LogP contribution in [0.1, 0.15) is 30.4 Å². The molecule has 1 N–H and O–H groups in total. The Morgan fingerprint density at radius 3 is 2.47 bits per heavy atom. The summed E-state index contributed by atoms with van der Waals surface area (Å²) in [4.78, 5) is 48.4. The second-order valence-electron chi connectivity index (χ2n) is 12.9. The van der Waals surface area contributed by atoms with Crippen molar-refractivity contribution < 1.29 is 32.6 Å². The fourth-order valence-electron chi connectivity index (χ4n) is 5.67. The predicted octanol–water partition coefficient (Wildman–Crippen LogP) is 3.53. The first-order valence-electron chi connectivity index (χ1n) is 15.6. The maximum Gasteiger partial charge on any atom is 0.423 e. The first-order valence-corrected chi connectivity index (χ1v) is 19.3. The van der Waals surface area contributed by atoms with Crippen LogP contribution in [0.5, 0.6) is 0 Å². The van der Waals surface area contributed by atoms with Crippen LogP contribution in [0.4, 0.5) is 29.5 Å². The van der Waals surface area contributed by atoms with E-state index in [0.29, 0.717) is 61.7 Å². The number of piperazine rings is 1. The average molecular weight is 679 g/mol. The molecule has 0 aliphatic carbocycles. The van der Waals surface area contributed by atoms with Crippen LogP contribution in [-0.2, 0) is 22.4 Å². The zero-order valence-electron chi connectivity index (χ0n) is 26.9. The Morgan fingerprint density at radius 2 is 1.87 bits per heavy atom. The summed E-state index contributed by atoms with van der Waals surface area (Å²) >= 11 is 0. The van der Waals surface area contributed by atoms with Gasteiger partial charge in [-0.1, -0.05) is 19.6 Å². The van der Waals surface area contributed by atoms with Crippen molar-refractivity contribution in [3.8, 4) is 6.07 Å². The lowest BCUT2D eigenvalue weighted by molar-refractivity contribution is -0.139. The van der Waals surface area contributed by atoms with Gasteiger partial charge in [0.15, 0.2) is 0 Å². The van der Waals surface area contributed by atoms with Crippen molar-refractivity contribution in [2.75, 3.05) is 62.2 Å². The lowest BCUT2D eigenvalue weighted by Gasteiger charge is -2.36. The minimum atomic E-state index is -4.94. The normalized spacial score (nSPS) is 17.1. The Balaban J connectivity index is 1.37. The summed E-state index contributed by atoms with van der Waals surface area (Å²) < 4.78 is 48.9. The topological polar surface area (TPSA) is 148 Å². The molecule has 0 radical (unpaired) electrons. The monoisotopic (exact) mass is 678 g/mol. The molecule has 0 spiro atoms. The van der Waals surface area contributed by atoms with E-state index in [1.807, 2.05) is 11.0 Å². The highest BCUT2D eigenvalue weighted by Crippen LogP contribution is 2.37. The molecule has 2 fully saturated rings. The van der Waals surface area contributed by atoms with E-state index in [0.717, 1.165) is 17.1 Å². The summed E-state index contributed by atoms with van der Waals surface area (Å²) in [6.07, 6.45) is -2.53. The van der Waals surface area contributed by atoms with Crippen LogP contribution in [0.25, 0.3) is 0 Å². The summed E-state index contributed by atoms with van der Waals surface area (Å²) in [7, 11) is -1.43. The third-order valence-electron chi connectivity index (χ3n) is 8.37. The number of hydrogen-bond donors (Lipinski definition) is 1. The van der Waals surface area contributed by atoms with Gasteiger partial charge in [0, 0.05) is 66.2 Å². The summed E-state index contributed by atoms with van der Waals surface area (Å²) in [6, 6.07) is 5.71. The minimum absolute atomic E-state index is 0.0753. The number of nitrogens with zero attached hydrogens (tertiary/aromatic N) is 8. The summed E-state index contributed by atoms with van der Waals surface area (Å²) in [5.41, 5.74) is -2.51. The molecule has 2 aromatic heterocycles. The molecule has 0 bridgehead atoms. The van der Waals surface area contributed by atoms with Gasteiger partial charge in [0.1, 0.15) is 30.7 Å². The Morgan fingerprint density at radius 1 is 1.15 bits per heavy atom. The number of carbonyl (C=O) groups excluding carboxylic acids is 1. The number of halogens is 3. The smallest absolute Gasteiger partial charge is 0.423 e. The summed E-state index contributed by atoms with van der Waals surface area (Å²) in [5, 5.41) is 22.8. The third kappa shape index (κ3) is 9.44. The van der Waals surface area contributed by atoms with Gasteiger partial charge < -0.3 is 24.5 Å². The van der Waals surface area contributed by atoms with Crippen LogP contribution in [0.15, 0.2) is 29.3 Å². The average Bonchev–Trinajstić information content (AvgIpc) is 3.49. The van der Waals surface area contributed by atoms with Gasteiger partial charge in [-0.05, 0) is 37.4 Å². The second-order valence-corrected chi connectivity index (χ2v) is 18.5. The summed E-state index contributed by atoms with van der Waals surface area (Å²) in [5.74, 6) is 0.304. The van der Waals surface area contributed by atoms with Crippen molar-refractivity contribution in [2.45, 2.75) is 63.9 Å². The third-order valence-corrected chi connectivity index (χ3v) is 10.1. The van der Waals surface area contributed by atoms with Crippen molar-refractivity contribution in [3.05, 3.63) is 46.0 Å². The fraction of sp³-hybridized carbons (Fsp3) is 0.600. The summed E-state index contributed by atoms with van der Waals surface area (Å²) in [6.45, 7) is 7.79. The molecule has 0 aromatic carbocycles. The van der Waals surface area contributed by atoms with Gasteiger partial charge in [-0.15, -0.1) is 0 Å². The number of hydrogen-bond acceptors (Lipinski definition) is 9. The van der Waals surface area contributed by atoms with Gasteiger partial charge in [-0.3, -0.25) is 14.5 Å². The van der Waals surface area contributed by atoms with E-state index >= 15 is 0 Å². The van der Waals surface area contributed by atoms with Crippen LogP contribution in [0, 0.1) is 11.3 Å². The molecule has 4 heterocycles. The molecule has 17 heteroatoms. The molecule has 2 saturated heterocycles. The standard InChI is InChI=1S/C30H41F3N8O5Si/c1-47(2,3)16-15-46-21-41-28(43)27(30(31,32)33)24(19-36-41)40-9-4-5-23(40)8-10-39(29(44)45)20-26(42)38-13-11-37(12-14-38)25-7-6-22(17-34)18-35-25/h6-7,18-19,23H,4-5,8-16,20-21H2,1-3H3,(H,44,45)/t23-/m0/s1. The Hall–Kier alpha value is -4.17. The number of ether oxygens (including phenoxy) is 1. The highest BCUT2D eigenvalue weighted by Gasteiger charge is 2.41. The van der Waals surface area contributed by atoms with Crippen LogP contribution >= 0.6 is 0 Å². The van der Waals surface area contributed by atoms with Crippen LogP contribution in [-0.4, -0.2) is 108 Å². The highest BCUT2D eigenvalue weighted by molar-refractivity contribution is 6.76. The zero-order chi connectivity index (χ0) is 34.4. The fourth-order valence-corrected chi connectivity index (χ4v) is 6.43. The molecule has 1 atom stereocenters. The van der Waals surface area contributed by atoms with Crippen molar-refractivity contribution in [3.63, 3.8) is 0 Å². The van der Waals surface area contributed by atoms with Gasteiger partial charge in [0.05, 0.1) is 17.4 Å². The number of anilines is 2. The quantitative estimate of drug-likeness (QED) is 0.261. The van der Waals surface area contributed by atoms with E-state index in [2.05, 4.69) is 29.7 Å². The first-order chi connectivity index (χ1) is 22.2. The number of rotatable bonds is 12. The van der Waals surface area contributed by atoms with Crippen molar-refractivity contribution >= 4 is 31.6 Å². The molecule has 13 nitrogen and oxygen atoms in total. The molecular formula is C30H41F3N8O5Si. The molecular weight excluding hydrogens is 637 g/mol. The van der Waals surface area contributed by atoms with E-state index < -0.39 is 37.5 Å². The highest BCUT2D eigenvalue weighted by atomic mass is 28.3. The molecule has 2 amide bonds. The Labute approximate surface area is 272 Å². The van der Waals surface area contributed by atoms with Crippen molar-refractivity contribution in [1.82, 2.24) is 24.6 Å². The van der Waals surface area contributed by atoms with E-state index in [1.165, 1.54) is 11.1 Å². The number of carboxylic acid groups (broad SMARTS) is 1. The lowest BCUT2D eigenvalue weighted by atomic mass is 10.1. The van der Waals surface area contributed by atoms with E-state index in [1.54, 1.807) is 17.0 Å². The van der Waals surface area contributed by atoms with Crippen molar-refractivity contribution in [1.29, 1.82) is 5.26 Å². The van der Waals surface area contributed by atoms with Crippen LogP contribution in [0.2, 0.25) is 25.7 Å². The number of carbonyl (C=O) groups is 2. The Bertz CT molecular complexity index is 1500. The molecule has 2 aliphatic heterocycles. The van der Waals surface area contributed by atoms with Gasteiger partial charge in [0.25, 0.3) is 5.56 Å². The molecule has 0 unspecified atom stereocenters. The van der Waals surface area contributed by atoms with E-state index in [-0.39, 0.29) is 44.4 Å². The first kappa shape index (κ1) is 35.7. The SMILES string of the molecule is C[Si](C)(C)CCOCn1ncc(N2CCC[C@H]2CCN(CC(=O)N2CCN(c3ccc(C#N)cn3)CC2)C(=O)O)c(C(F)(F)F)c1=O. The van der Waals surface area contributed by atoms with Gasteiger partial charge >= 0.3 is 12.3 Å². The lowest BCUT2D eigenvalue weighted by Crippen LogP contribution is -2.52. The number of pyridine rings is 1. The van der Waals surface area contributed by atoms with Crippen molar-refractivity contribution in [2.24, 2.45) is 0 Å². The van der Waals surface area contributed by atoms with Gasteiger partial charge in [-0.2, -0.15) is 23.5 Å².